The van der Waals surface area contributed by atoms with E-state index in [9.17, 15) is 14.9 Å². The Morgan fingerprint density at radius 2 is 2.09 bits per heavy atom. The van der Waals surface area contributed by atoms with Crippen LogP contribution in [-0.4, -0.2) is 22.8 Å². The van der Waals surface area contributed by atoms with Crippen LogP contribution in [0.3, 0.4) is 0 Å². The first-order valence-corrected chi connectivity index (χ1v) is 8.05. The van der Waals surface area contributed by atoms with E-state index < -0.39 is 4.92 Å². The van der Waals surface area contributed by atoms with E-state index in [0.717, 1.165) is 8.66 Å². The second-order valence-electron chi connectivity index (χ2n) is 3.97. The predicted octanol–water partition coefficient (Wildman–Crippen LogP) is 3.03. The summed E-state index contributed by atoms with van der Waals surface area (Å²) in [6, 6.07) is 9.53. The fourth-order valence-electron chi connectivity index (χ4n) is 1.41. The van der Waals surface area contributed by atoms with Crippen molar-refractivity contribution in [2.45, 2.75) is 4.90 Å². The summed E-state index contributed by atoms with van der Waals surface area (Å²) in [6.07, 6.45) is 1.41. The number of rotatable bonds is 6. The molecule has 0 fully saturated rings. The number of amides is 1. The van der Waals surface area contributed by atoms with Crippen LogP contribution in [0.4, 0.5) is 5.69 Å². The maximum atomic E-state index is 11.6. The van der Waals surface area contributed by atoms with Crippen molar-refractivity contribution in [3.05, 3.63) is 56.0 Å². The first-order chi connectivity index (χ1) is 10.5. The SMILES string of the molecule is O=C(CSc1ccc([N+](=O)[O-])cc1)N/N=C\c1ccc(I)o1. The molecule has 7 nitrogen and oxygen atoms in total. The molecule has 0 unspecified atom stereocenters. The normalized spacial score (nSPS) is 10.8. The van der Waals surface area contributed by atoms with Crippen molar-refractivity contribution in [3.8, 4) is 0 Å². The minimum atomic E-state index is -0.467. The van der Waals surface area contributed by atoms with Crippen LogP contribution in [0.5, 0.6) is 0 Å². The molecular formula is C13H10IN3O4S. The average molecular weight is 431 g/mol. The van der Waals surface area contributed by atoms with Gasteiger partial charge in [0.2, 0.25) is 5.91 Å². The molecule has 1 heterocycles. The minimum absolute atomic E-state index is 0.0199. The smallest absolute Gasteiger partial charge is 0.269 e. The Kier molecular flexibility index (Phi) is 5.95. The van der Waals surface area contributed by atoms with Gasteiger partial charge in [0.15, 0.2) is 3.77 Å². The lowest BCUT2D eigenvalue weighted by Crippen LogP contribution is -2.19. The summed E-state index contributed by atoms with van der Waals surface area (Å²) in [4.78, 5) is 22.4. The topological polar surface area (TPSA) is 97.7 Å². The van der Waals surface area contributed by atoms with E-state index >= 15 is 0 Å². The number of non-ortho nitro benzene ring substituents is 1. The second-order valence-corrected chi connectivity index (χ2v) is 6.09. The first-order valence-electron chi connectivity index (χ1n) is 5.99. The molecular weight excluding hydrogens is 421 g/mol. The number of hydrazone groups is 1. The van der Waals surface area contributed by atoms with E-state index in [1.54, 1.807) is 24.3 Å². The zero-order valence-electron chi connectivity index (χ0n) is 11.1. The number of nitro benzene ring substituents is 1. The van der Waals surface area contributed by atoms with Crippen LogP contribution in [-0.2, 0) is 4.79 Å². The third kappa shape index (κ3) is 5.15. The number of furan rings is 1. The molecule has 0 aliphatic carbocycles. The van der Waals surface area contributed by atoms with Crippen molar-refractivity contribution in [2.24, 2.45) is 5.10 Å². The maximum Gasteiger partial charge on any atom is 0.269 e. The van der Waals surface area contributed by atoms with Crippen molar-refractivity contribution in [2.75, 3.05) is 5.75 Å². The highest BCUT2D eigenvalue weighted by molar-refractivity contribution is 14.1. The number of nitrogens with one attached hydrogen (secondary N) is 1. The van der Waals surface area contributed by atoms with Gasteiger partial charge >= 0.3 is 0 Å². The van der Waals surface area contributed by atoms with Crippen LogP contribution in [0.1, 0.15) is 5.76 Å². The van der Waals surface area contributed by atoms with Crippen molar-refractivity contribution in [1.82, 2.24) is 5.43 Å². The van der Waals surface area contributed by atoms with Gasteiger partial charge in [-0.1, -0.05) is 0 Å². The molecule has 0 aliphatic rings. The Labute approximate surface area is 143 Å². The van der Waals surface area contributed by atoms with E-state index in [2.05, 4.69) is 10.5 Å². The highest BCUT2D eigenvalue weighted by Crippen LogP contribution is 2.20. The molecule has 0 saturated carbocycles. The zero-order valence-corrected chi connectivity index (χ0v) is 14.0. The van der Waals surface area contributed by atoms with Crippen LogP contribution >= 0.6 is 34.4 Å². The quantitative estimate of drug-likeness (QED) is 0.249. The molecule has 22 heavy (non-hydrogen) atoms. The number of thioether (sulfide) groups is 1. The Hall–Kier alpha value is -1.88. The molecule has 0 radical (unpaired) electrons. The molecule has 0 atom stereocenters. The summed E-state index contributed by atoms with van der Waals surface area (Å²) in [5.74, 6) is 0.429. The molecule has 0 bridgehead atoms. The monoisotopic (exact) mass is 431 g/mol. The van der Waals surface area contributed by atoms with E-state index in [-0.39, 0.29) is 17.3 Å². The fourth-order valence-corrected chi connectivity index (χ4v) is 2.54. The summed E-state index contributed by atoms with van der Waals surface area (Å²) in [6.45, 7) is 0. The number of benzene rings is 1. The van der Waals surface area contributed by atoms with Gasteiger partial charge in [-0.2, -0.15) is 5.10 Å². The molecule has 114 valence electrons. The first kappa shape index (κ1) is 16.5. The molecule has 1 N–H and O–H groups in total. The summed E-state index contributed by atoms with van der Waals surface area (Å²) >= 11 is 3.30. The number of nitrogens with zero attached hydrogens (tertiary/aromatic N) is 2. The number of hydrogen-bond acceptors (Lipinski definition) is 6. The standard InChI is InChI=1S/C13H10IN3O4S/c14-12-6-3-10(21-12)7-15-16-13(18)8-22-11-4-1-9(2-5-11)17(19)20/h1-7H,8H2,(H,16,18)/b15-7-. The molecule has 0 aliphatic heterocycles. The summed E-state index contributed by atoms with van der Waals surface area (Å²) in [7, 11) is 0. The summed E-state index contributed by atoms with van der Waals surface area (Å²) in [5.41, 5.74) is 2.40. The van der Waals surface area contributed by atoms with Gasteiger partial charge < -0.3 is 4.42 Å². The third-order valence-corrected chi connectivity index (χ3v) is 3.98. The van der Waals surface area contributed by atoms with E-state index in [1.807, 2.05) is 22.6 Å². The van der Waals surface area contributed by atoms with Crippen molar-refractivity contribution >= 4 is 52.2 Å². The Bertz CT molecular complexity index is 700. The van der Waals surface area contributed by atoms with Crippen LogP contribution in [0.25, 0.3) is 0 Å². The van der Waals surface area contributed by atoms with E-state index in [4.69, 9.17) is 4.42 Å². The molecule has 9 heteroatoms. The lowest BCUT2D eigenvalue weighted by atomic mass is 10.3. The highest BCUT2D eigenvalue weighted by Gasteiger charge is 2.06. The van der Waals surface area contributed by atoms with Gasteiger partial charge in [-0.25, -0.2) is 5.43 Å². The zero-order chi connectivity index (χ0) is 15.9. The maximum absolute atomic E-state index is 11.6. The predicted molar refractivity (Wildman–Crippen MR) is 91.0 cm³/mol. The Balaban J connectivity index is 1.77. The molecule has 0 spiro atoms. The molecule has 1 aromatic heterocycles. The molecule has 2 rings (SSSR count). The van der Waals surface area contributed by atoms with Gasteiger partial charge in [-0.3, -0.25) is 14.9 Å². The average Bonchev–Trinajstić information content (AvgIpc) is 2.91. The number of hydrogen-bond donors (Lipinski definition) is 1. The molecule has 1 amide bonds. The molecule has 0 saturated heterocycles. The van der Waals surface area contributed by atoms with Gasteiger partial charge in [0.05, 0.1) is 16.9 Å². The van der Waals surface area contributed by atoms with Crippen LogP contribution in [0.2, 0.25) is 0 Å². The highest BCUT2D eigenvalue weighted by atomic mass is 127. The largest absolute Gasteiger partial charge is 0.449 e. The second kappa shape index (κ2) is 7.94. The van der Waals surface area contributed by atoms with E-state index in [0.29, 0.717) is 5.76 Å². The lowest BCUT2D eigenvalue weighted by molar-refractivity contribution is -0.384. The molecule has 1 aromatic carbocycles. The molecule has 2 aromatic rings. The number of nitro groups is 1. The van der Waals surface area contributed by atoms with Crippen molar-refractivity contribution in [3.63, 3.8) is 0 Å². The number of halogens is 1. The van der Waals surface area contributed by atoms with Gasteiger partial charge in [-0.05, 0) is 46.9 Å². The number of carbonyl (C=O) groups excluding carboxylic acids is 1. The van der Waals surface area contributed by atoms with Crippen LogP contribution in [0.15, 0.2) is 50.8 Å². The van der Waals surface area contributed by atoms with Crippen LogP contribution < -0.4 is 5.43 Å². The van der Waals surface area contributed by atoms with Gasteiger partial charge in [0, 0.05) is 17.0 Å². The lowest BCUT2D eigenvalue weighted by Gasteiger charge is -2.00. The van der Waals surface area contributed by atoms with Crippen molar-refractivity contribution in [1.29, 1.82) is 0 Å². The van der Waals surface area contributed by atoms with Gasteiger partial charge in [0.25, 0.3) is 5.69 Å². The Morgan fingerprint density at radius 3 is 2.68 bits per heavy atom. The van der Waals surface area contributed by atoms with Crippen molar-refractivity contribution < 1.29 is 14.1 Å². The minimum Gasteiger partial charge on any atom is -0.449 e. The van der Waals surface area contributed by atoms with Gasteiger partial charge in [0.1, 0.15) is 5.76 Å². The Morgan fingerprint density at radius 1 is 1.36 bits per heavy atom. The summed E-state index contributed by atoms with van der Waals surface area (Å²) < 4.78 is 5.99. The fraction of sp³-hybridized carbons (Fsp3) is 0.0769. The third-order valence-electron chi connectivity index (χ3n) is 2.39. The van der Waals surface area contributed by atoms with E-state index in [1.165, 1.54) is 30.1 Å². The van der Waals surface area contributed by atoms with Gasteiger partial charge in [-0.15, -0.1) is 11.8 Å². The number of carbonyl (C=O) groups is 1. The summed E-state index contributed by atoms with van der Waals surface area (Å²) in [5, 5.41) is 14.3. The van der Waals surface area contributed by atoms with Crippen LogP contribution in [0, 0.1) is 13.9 Å².